The van der Waals surface area contributed by atoms with Gasteiger partial charge in [0.1, 0.15) is 5.01 Å². The van der Waals surface area contributed by atoms with Gasteiger partial charge < -0.3 is 4.74 Å². The first-order valence-electron chi connectivity index (χ1n) is 6.92. The van der Waals surface area contributed by atoms with Gasteiger partial charge in [-0.15, -0.1) is 11.3 Å². The molecule has 20 heavy (non-hydrogen) atoms. The van der Waals surface area contributed by atoms with Crippen molar-refractivity contribution in [3.8, 4) is 10.6 Å². The van der Waals surface area contributed by atoms with Gasteiger partial charge >= 0.3 is 5.97 Å². The fourth-order valence-electron chi connectivity index (χ4n) is 1.90. The summed E-state index contributed by atoms with van der Waals surface area (Å²) < 4.78 is 4.92. The molecule has 0 spiro atoms. The second-order valence-electron chi connectivity index (χ2n) is 4.50. The number of rotatable bonds is 6. The lowest BCUT2D eigenvalue weighted by Crippen LogP contribution is -2.05. The molecule has 0 atom stereocenters. The molecule has 0 bridgehead atoms. The lowest BCUT2D eigenvalue weighted by Gasteiger charge is -2.00. The van der Waals surface area contributed by atoms with Gasteiger partial charge in [0.25, 0.3) is 0 Å². The van der Waals surface area contributed by atoms with Crippen LogP contribution in [0.25, 0.3) is 10.6 Å². The van der Waals surface area contributed by atoms with Crippen LogP contribution in [0.4, 0.5) is 0 Å². The number of carbonyl (C=O) groups excluding carboxylic acids is 1. The summed E-state index contributed by atoms with van der Waals surface area (Å²) in [7, 11) is 0. The molecule has 0 saturated carbocycles. The van der Waals surface area contributed by atoms with Crippen molar-refractivity contribution in [2.75, 3.05) is 6.61 Å². The predicted octanol–water partition coefficient (Wildman–Crippen LogP) is 3.87. The molecule has 0 aliphatic rings. The zero-order chi connectivity index (χ0) is 14.4. The highest BCUT2D eigenvalue weighted by molar-refractivity contribution is 7.13. The molecule has 0 fully saturated rings. The van der Waals surface area contributed by atoms with Crippen LogP contribution in [0, 0.1) is 0 Å². The van der Waals surface area contributed by atoms with E-state index in [9.17, 15) is 4.79 Å². The van der Waals surface area contributed by atoms with Crippen molar-refractivity contribution in [3.05, 3.63) is 40.9 Å². The molecule has 106 valence electrons. The summed E-state index contributed by atoms with van der Waals surface area (Å²) in [6.45, 7) is 4.40. The van der Waals surface area contributed by atoms with Gasteiger partial charge in [0.15, 0.2) is 0 Å². The monoisotopic (exact) mass is 289 g/mol. The number of ether oxygens (including phenoxy) is 1. The number of aryl methyl sites for hydroxylation is 2. The molecular formula is C16H19NO2S. The van der Waals surface area contributed by atoms with Crippen molar-refractivity contribution in [2.24, 2.45) is 0 Å². The lowest BCUT2D eigenvalue weighted by molar-refractivity contribution is -0.143. The number of hydrogen-bond acceptors (Lipinski definition) is 4. The first-order valence-corrected chi connectivity index (χ1v) is 7.80. The van der Waals surface area contributed by atoms with Gasteiger partial charge in [-0.1, -0.05) is 31.2 Å². The van der Waals surface area contributed by atoms with Gasteiger partial charge in [0.05, 0.1) is 18.7 Å². The summed E-state index contributed by atoms with van der Waals surface area (Å²) in [6.07, 6.45) is 2.08. The fraction of sp³-hybridized carbons (Fsp3) is 0.375. The Hall–Kier alpha value is -1.68. The van der Waals surface area contributed by atoms with E-state index in [-0.39, 0.29) is 5.97 Å². The van der Waals surface area contributed by atoms with Crippen molar-refractivity contribution in [3.63, 3.8) is 0 Å². The summed E-state index contributed by atoms with van der Waals surface area (Å²) in [4.78, 5) is 15.9. The van der Waals surface area contributed by atoms with Crippen LogP contribution in [0.1, 0.15) is 31.5 Å². The van der Waals surface area contributed by atoms with Crippen molar-refractivity contribution < 1.29 is 9.53 Å². The van der Waals surface area contributed by atoms with Gasteiger partial charge in [0.2, 0.25) is 0 Å². The van der Waals surface area contributed by atoms with Crippen molar-refractivity contribution >= 4 is 17.3 Å². The second kappa shape index (κ2) is 7.20. The van der Waals surface area contributed by atoms with Gasteiger partial charge in [-0.3, -0.25) is 4.79 Å². The summed E-state index contributed by atoms with van der Waals surface area (Å²) >= 11 is 1.62. The number of aromatic nitrogens is 1. The van der Waals surface area contributed by atoms with Crippen LogP contribution in [0.2, 0.25) is 0 Å². The van der Waals surface area contributed by atoms with Gasteiger partial charge in [-0.2, -0.15) is 0 Å². The molecule has 0 aliphatic heterocycles. The summed E-state index contributed by atoms with van der Waals surface area (Å²) in [6, 6.07) is 8.48. The minimum Gasteiger partial charge on any atom is -0.466 e. The van der Waals surface area contributed by atoms with Crippen molar-refractivity contribution in [1.29, 1.82) is 0 Å². The summed E-state index contributed by atoms with van der Waals surface area (Å²) in [5, 5.41) is 3.02. The minimum absolute atomic E-state index is 0.158. The van der Waals surface area contributed by atoms with E-state index in [0.717, 1.165) is 22.7 Å². The smallest absolute Gasteiger partial charge is 0.306 e. The maximum Gasteiger partial charge on any atom is 0.306 e. The van der Waals surface area contributed by atoms with Crippen molar-refractivity contribution in [2.45, 2.75) is 33.1 Å². The average Bonchev–Trinajstić information content (AvgIpc) is 2.94. The van der Waals surface area contributed by atoms with E-state index >= 15 is 0 Å². The van der Waals surface area contributed by atoms with Crippen molar-refractivity contribution in [1.82, 2.24) is 4.98 Å². The first kappa shape index (κ1) is 14.7. The quantitative estimate of drug-likeness (QED) is 0.758. The molecule has 0 aliphatic carbocycles. The number of esters is 1. The standard InChI is InChI=1S/C16H19NO2S/c1-3-12-5-7-13(8-6-12)16-17-14(11-20-16)9-10-15(18)19-4-2/h5-8,11H,3-4,9-10H2,1-2H3. The Labute approximate surface area is 123 Å². The van der Waals surface area contributed by atoms with E-state index in [4.69, 9.17) is 4.74 Å². The Balaban J connectivity index is 1.99. The molecule has 1 aromatic carbocycles. The Morgan fingerprint density at radius 1 is 1.25 bits per heavy atom. The molecular weight excluding hydrogens is 270 g/mol. The normalized spacial score (nSPS) is 10.5. The van der Waals surface area contributed by atoms with Gasteiger partial charge in [0, 0.05) is 17.4 Å². The van der Waals surface area contributed by atoms with E-state index in [2.05, 4.69) is 36.2 Å². The van der Waals surface area contributed by atoms with E-state index in [1.54, 1.807) is 11.3 Å². The zero-order valence-corrected chi connectivity index (χ0v) is 12.7. The largest absolute Gasteiger partial charge is 0.466 e. The number of benzene rings is 1. The fourth-order valence-corrected chi connectivity index (χ4v) is 2.76. The number of thiazole rings is 1. The number of carbonyl (C=O) groups is 1. The van der Waals surface area contributed by atoms with Crippen LogP contribution < -0.4 is 0 Å². The van der Waals surface area contributed by atoms with Crippen LogP contribution in [-0.4, -0.2) is 17.6 Å². The maximum atomic E-state index is 11.3. The Bertz CT molecular complexity index is 560. The molecule has 2 aromatic rings. The van der Waals surface area contributed by atoms with Crippen LogP contribution >= 0.6 is 11.3 Å². The zero-order valence-electron chi connectivity index (χ0n) is 11.9. The molecule has 2 rings (SSSR count). The highest BCUT2D eigenvalue weighted by atomic mass is 32.1. The summed E-state index contributed by atoms with van der Waals surface area (Å²) in [5.41, 5.74) is 3.42. The molecule has 3 nitrogen and oxygen atoms in total. The second-order valence-corrected chi connectivity index (χ2v) is 5.36. The van der Waals surface area contributed by atoms with E-state index < -0.39 is 0 Å². The highest BCUT2D eigenvalue weighted by Crippen LogP contribution is 2.24. The summed E-state index contributed by atoms with van der Waals surface area (Å²) in [5.74, 6) is -0.158. The molecule has 1 aromatic heterocycles. The van der Waals surface area contributed by atoms with Crippen LogP contribution in [0.15, 0.2) is 29.6 Å². The van der Waals surface area contributed by atoms with Gasteiger partial charge in [-0.25, -0.2) is 4.98 Å². The number of nitrogens with zero attached hydrogens (tertiary/aromatic N) is 1. The van der Waals surface area contributed by atoms with E-state index in [1.807, 2.05) is 12.3 Å². The Morgan fingerprint density at radius 3 is 2.65 bits per heavy atom. The Morgan fingerprint density at radius 2 is 2.00 bits per heavy atom. The SMILES string of the molecule is CCOC(=O)CCc1csc(-c2ccc(CC)cc2)n1. The lowest BCUT2D eigenvalue weighted by atomic mass is 10.1. The molecule has 0 unspecified atom stereocenters. The molecule has 0 saturated heterocycles. The Kier molecular flexibility index (Phi) is 5.30. The molecule has 4 heteroatoms. The minimum atomic E-state index is -0.158. The van der Waals surface area contributed by atoms with Gasteiger partial charge in [-0.05, 0) is 18.9 Å². The average molecular weight is 289 g/mol. The molecule has 1 heterocycles. The van der Waals surface area contributed by atoms with E-state index in [0.29, 0.717) is 19.4 Å². The third-order valence-corrected chi connectivity index (χ3v) is 3.99. The predicted molar refractivity (Wildman–Crippen MR) is 81.9 cm³/mol. The third kappa shape index (κ3) is 3.90. The maximum absolute atomic E-state index is 11.3. The van der Waals surface area contributed by atoms with Crippen LogP contribution in [0.5, 0.6) is 0 Å². The highest BCUT2D eigenvalue weighted by Gasteiger charge is 2.07. The van der Waals surface area contributed by atoms with E-state index in [1.165, 1.54) is 5.56 Å². The topological polar surface area (TPSA) is 39.2 Å². The van der Waals surface area contributed by atoms with Crippen LogP contribution in [0.3, 0.4) is 0 Å². The molecule has 0 radical (unpaired) electrons. The van der Waals surface area contributed by atoms with Crippen LogP contribution in [-0.2, 0) is 22.4 Å². The third-order valence-electron chi connectivity index (χ3n) is 3.05. The first-order chi connectivity index (χ1) is 9.72. The molecule has 0 amide bonds. The molecule has 0 N–H and O–H groups in total. The number of hydrogen-bond donors (Lipinski definition) is 0.